The first kappa shape index (κ1) is 19.5. The fourth-order valence-electron chi connectivity index (χ4n) is 2.46. The monoisotopic (exact) mass is 381 g/mol. The van der Waals surface area contributed by atoms with Gasteiger partial charge in [-0.1, -0.05) is 30.3 Å². The highest BCUT2D eigenvalue weighted by molar-refractivity contribution is 7.98. The van der Waals surface area contributed by atoms with Crippen LogP contribution in [-0.2, 0) is 12.2 Å². The van der Waals surface area contributed by atoms with Crippen LogP contribution in [0.3, 0.4) is 0 Å². The lowest BCUT2D eigenvalue weighted by Gasteiger charge is -2.24. The van der Waals surface area contributed by atoms with Crippen LogP contribution in [0.5, 0.6) is 5.75 Å². The molecule has 0 saturated heterocycles. The van der Waals surface area contributed by atoms with Gasteiger partial charge in [0.25, 0.3) is 0 Å². The van der Waals surface area contributed by atoms with Crippen molar-refractivity contribution in [2.45, 2.75) is 38.0 Å². The summed E-state index contributed by atoms with van der Waals surface area (Å²) < 4.78 is 11.7. The Morgan fingerprint density at radius 3 is 2.48 bits per heavy atom. The molecule has 0 aliphatic carbocycles. The maximum atomic E-state index is 5.92. The van der Waals surface area contributed by atoms with Gasteiger partial charge < -0.3 is 9.15 Å². The molecule has 1 radical (unpaired) electrons. The van der Waals surface area contributed by atoms with Gasteiger partial charge in [0.1, 0.15) is 11.4 Å². The van der Waals surface area contributed by atoms with Gasteiger partial charge in [-0.3, -0.25) is 0 Å². The predicted octanol–water partition coefficient (Wildman–Crippen LogP) is 5.59. The standard InChI is InChI=1S/C22H25N2O2S/c1-4-22(2,3)26-19-12-10-18(11-13-19)21-24-23-20(25-21)16-27-15-14-17-8-6-5-7-9-17/h5-13H,1,4,14-16H2,2-3H3. The van der Waals surface area contributed by atoms with E-state index in [1.54, 1.807) is 11.8 Å². The minimum atomic E-state index is -0.282. The van der Waals surface area contributed by atoms with Crippen molar-refractivity contribution in [2.75, 3.05) is 5.75 Å². The Labute approximate surface area is 165 Å². The lowest BCUT2D eigenvalue weighted by atomic mass is 10.1. The second kappa shape index (κ2) is 9.09. The summed E-state index contributed by atoms with van der Waals surface area (Å²) in [6.07, 6.45) is 1.74. The number of aromatic nitrogens is 2. The topological polar surface area (TPSA) is 48.2 Å². The Bertz CT molecular complexity index is 829. The van der Waals surface area contributed by atoms with Crippen LogP contribution in [0.15, 0.2) is 59.0 Å². The van der Waals surface area contributed by atoms with Crippen molar-refractivity contribution in [2.24, 2.45) is 0 Å². The molecule has 3 rings (SSSR count). The molecule has 0 aliphatic heterocycles. The fourth-order valence-corrected chi connectivity index (χ4v) is 3.27. The van der Waals surface area contributed by atoms with Crippen molar-refractivity contribution in [3.8, 4) is 17.2 Å². The van der Waals surface area contributed by atoms with Gasteiger partial charge >= 0.3 is 0 Å². The Kier molecular flexibility index (Phi) is 6.56. The smallest absolute Gasteiger partial charge is 0.247 e. The molecule has 3 aromatic rings. The second-order valence-corrected chi connectivity index (χ2v) is 8.03. The van der Waals surface area contributed by atoms with E-state index < -0.39 is 0 Å². The van der Waals surface area contributed by atoms with Crippen LogP contribution in [0.1, 0.15) is 31.7 Å². The number of nitrogens with zero attached hydrogens (tertiary/aromatic N) is 2. The fraction of sp³-hybridized carbons (Fsp3) is 0.318. The zero-order valence-electron chi connectivity index (χ0n) is 15.9. The summed E-state index contributed by atoms with van der Waals surface area (Å²) >= 11 is 1.80. The molecule has 0 N–H and O–H groups in total. The highest BCUT2D eigenvalue weighted by atomic mass is 32.2. The zero-order chi connectivity index (χ0) is 19.1. The zero-order valence-corrected chi connectivity index (χ0v) is 16.7. The van der Waals surface area contributed by atoms with E-state index in [1.165, 1.54) is 5.56 Å². The minimum absolute atomic E-state index is 0.282. The molecular weight excluding hydrogens is 356 g/mol. The summed E-state index contributed by atoms with van der Waals surface area (Å²) in [6.45, 7) is 7.95. The summed E-state index contributed by atoms with van der Waals surface area (Å²) in [5.74, 6) is 3.75. The molecule has 0 unspecified atom stereocenters. The molecule has 0 aliphatic rings. The summed E-state index contributed by atoms with van der Waals surface area (Å²) in [5, 5.41) is 8.32. The van der Waals surface area contributed by atoms with Crippen LogP contribution in [0.25, 0.3) is 11.5 Å². The van der Waals surface area contributed by atoms with Crippen molar-refractivity contribution in [3.63, 3.8) is 0 Å². The molecule has 0 fully saturated rings. The SMILES string of the molecule is [CH2]CC(C)(C)Oc1ccc(-c2nnc(CSCCc3ccccc3)o2)cc1. The molecule has 1 aromatic heterocycles. The summed E-state index contributed by atoms with van der Waals surface area (Å²) in [5.41, 5.74) is 1.96. The molecule has 0 spiro atoms. The average Bonchev–Trinajstić information content (AvgIpc) is 3.15. The van der Waals surface area contributed by atoms with E-state index in [9.17, 15) is 0 Å². The Morgan fingerprint density at radius 2 is 1.78 bits per heavy atom. The van der Waals surface area contributed by atoms with E-state index in [0.29, 0.717) is 18.2 Å². The molecule has 27 heavy (non-hydrogen) atoms. The van der Waals surface area contributed by atoms with Crippen molar-refractivity contribution in [1.29, 1.82) is 0 Å². The molecule has 4 nitrogen and oxygen atoms in total. The molecule has 1 heterocycles. The summed E-state index contributed by atoms with van der Waals surface area (Å²) in [7, 11) is 0. The minimum Gasteiger partial charge on any atom is -0.488 e. The molecule has 0 amide bonds. The largest absolute Gasteiger partial charge is 0.488 e. The quantitative estimate of drug-likeness (QED) is 0.452. The van der Waals surface area contributed by atoms with Crippen molar-refractivity contribution in [3.05, 3.63) is 73.0 Å². The van der Waals surface area contributed by atoms with Gasteiger partial charge in [0, 0.05) is 5.56 Å². The van der Waals surface area contributed by atoms with Crippen LogP contribution in [0, 0.1) is 6.92 Å². The van der Waals surface area contributed by atoms with Gasteiger partial charge in [-0.2, -0.15) is 11.8 Å². The van der Waals surface area contributed by atoms with Crippen LogP contribution in [0.4, 0.5) is 0 Å². The molecule has 141 valence electrons. The van der Waals surface area contributed by atoms with Gasteiger partial charge in [-0.25, -0.2) is 0 Å². The normalized spacial score (nSPS) is 11.5. The first-order valence-corrected chi connectivity index (χ1v) is 10.2. The molecular formula is C22H25N2O2S. The first-order valence-electron chi connectivity index (χ1n) is 9.08. The Balaban J connectivity index is 1.51. The maximum Gasteiger partial charge on any atom is 0.247 e. The van der Waals surface area contributed by atoms with E-state index in [1.807, 2.05) is 44.2 Å². The van der Waals surface area contributed by atoms with Gasteiger partial charge in [-0.15, -0.1) is 10.2 Å². The van der Waals surface area contributed by atoms with Crippen LogP contribution < -0.4 is 4.74 Å². The lowest BCUT2D eigenvalue weighted by Crippen LogP contribution is -2.26. The third-order valence-electron chi connectivity index (χ3n) is 4.17. The van der Waals surface area contributed by atoms with Crippen LogP contribution in [0.2, 0.25) is 0 Å². The first-order chi connectivity index (χ1) is 13.1. The number of hydrogen-bond donors (Lipinski definition) is 0. The predicted molar refractivity (Wildman–Crippen MR) is 111 cm³/mol. The van der Waals surface area contributed by atoms with E-state index >= 15 is 0 Å². The van der Waals surface area contributed by atoms with Crippen molar-refractivity contribution >= 4 is 11.8 Å². The number of benzene rings is 2. The molecule has 5 heteroatoms. The van der Waals surface area contributed by atoms with Crippen LogP contribution >= 0.6 is 11.8 Å². The number of hydrogen-bond acceptors (Lipinski definition) is 5. The summed E-state index contributed by atoms with van der Waals surface area (Å²) in [4.78, 5) is 0. The van der Waals surface area contributed by atoms with Gasteiger partial charge in [0.2, 0.25) is 11.8 Å². The molecule has 0 saturated carbocycles. The lowest BCUT2D eigenvalue weighted by molar-refractivity contribution is 0.112. The third-order valence-corrected chi connectivity index (χ3v) is 5.11. The Morgan fingerprint density at radius 1 is 1.04 bits per heavy atom. The Hall–Kier alpha value is -2.27. The number of ether oxygens (including phenoxy) is 1. The van der Waals surface area contributed by atoms with E-state index in [-0.39, 0.29) is 5.60 Å². The van der Waals surface area contributed by atoms with E-state index in [2.05, 4.69) is 41.4 Å². The number of aryl methyl sites for hydroxylation is 1. The van der Waals surface area contributed by atoms with E-state index in [4.69, 9.17) is 9.15 Å². The highest BCUT2D eigenvalue weighted by Crippen LogP contribution is 2.25. The second-order valence-electron chi connectivity index (χ2n) is 6.93. The van der Waals surface area contributed by atoms with Crippen molar-refractivity contribution in [1.82, 2.24) is 10.2 Å². The van der Waals surface area contributed by atoms with E-state index in [0.717, 1.165) is 29.2 Å². The van der Waals surface area contributed by atoms with Gasteiger partial charge in [-0.05, 0) is 69.2 Å². The van der Waals surface area contributed by atoms with Crippen molar-refractivity contribution < 1.29 is 9.15 Å². The third kappa shape index (κ3) is 5.86. The summed E-state index contributed by atoms with van der Waals surface area (Å²) in [6, 6.07) is 18.2. The molecule has 0 atom stereocenters. The van der Waals surface area contributed by atoms with Crippen LogP contribution in [-0.4, -0.2) is 21.6 Å². The number of thioether (sulfide) groups is 1. The molecule has 2 aromatic carbocycles. The van der Waals surface area contributed by atoms with Gasteiger partial charge in [0.05, 0.1) is 5.75 Å². The van der Waals surface area contributed by atoms with Gasteiger partial charge in [0.15, 0.2) is 0 Å². The maximum absolute atomic E-state index is 5.92. The average molecular weight is 382 g/mol. The highest BCUT2D eigenvalue weighted by Gasteiger charge is 2.17. The number of rotatable bonds is 9. The molecule has 0 bridgehead atoms.